The Hall–Kier alpha value is -0.730. The van der Waals surface area contributed by atoms with Gasteiger partial charge in [0, 0.05) is 16.8 Å². The lowest BCUT2D eigenvalue weighted by atomic mass is 10.2. The molecule has 0 fully saturated rings. The number of aliphatic hydroxyl groups is 1. The maximum Gasteiger partial charge on any atom is 0.0630 e. The van der Waals surface area contributed by atoms with E-state index in [0.717, 1.165) is 16.3 Å². The third-order valence-corrected chi connectivity index (χ3v) is 2.27. The monoisotopic (exact) mass is 199 g/mol. The highest BCUT2D eigenvalue weighted by Crippen LogP contribution is 2.20. The fourth-order valence-electron chi connectivity index (χ4n) is 1.01. The van der Waals surface area contributed by atoms with Crippen molar-refractivity contribution in [1.82, 2.24) is 0 Å². The lowest BCUT2D eigenvalue weighted by Gasteiger charge is -2.12. The van der Waals surface area contributed by atoms with Crippen molar-refractivity contribution < 1.29 is 5.11 Å². The Kier molecular flexibility index (Phi) is 3.58. The number of halogens is 1. The molecular weight excluding hydrogens is 186 g/mol. The second-order valence-corrected chi connectivity index (χ2v) is 3.60. The van der Waals surface area contributed by atoms with Gasteiger partial charge in [0.25, 0.3) is 0 Å². The molecule has 0 aliphatic heterocycles. The fourth-order valence-corrected chi connectivity index (χ4v) is 1.19. The average molecular weight is 200 g/mol. The summed E-state index contributed by atoms with van der Waals surface area (Å²) in [4.78, 5) is 0. The molecule has 0 bridgehead atoms. The SMILES string of the molecule is Cc1ccc(NC(C)CO)cc1Cl. The van der Waals surface area contributed by atoms with Crippen molar-refractivity contribution in [3.63, 3.8) is 0 Å². The van der Waals surface area contributed by atoms with Gasteiger partial charge in [-0.2, -0.15) is 0 Å². The van der Waals surface area contributed by atoms with Crippen molar-refractivity contribution in [2.45, 2.75) is 19.9 Å². The average Bonchev–Trinajstić information content (AvgIpc) is 2.11. The van der Waals surface area contributed by atoms with Gasteiger partial charge in [0.15, 0.2) is 0 Å². The minimum Gasteiger partial charge on any atom is -0.394 e. The molecule has 0 aliphatic carbocycles. The summed E-state index contributed by atoms with van der Waals surface area (Å²) >= 11 is 5.94. The molecule has 72 valence electrons. The van der Waals surface area contributed by atoms with Crippen LogP contribution in [-0.2, 0) is 0 Å². The lowest BCUT2D eigenvalue weighted by molar-refractivity contribution is 0.281. The molecule has 2 nitrogen and oxygen atoms in total. The minimum atomic E-state index is 0.0544. The molecule has 0 spiro atoms. The number of hydrogen-bond donors (Lipinski definition) is 2. The van der Waals surface area contributed by atoms with Crippen LogP contribution in [0, 0.1) is 6.92 Å². The van der Waals surface area contributed by atoms with Crippen molar-refractivity contribution >= 4 is 17.3 Å². The van der Waals surface area contributed by atoms with Crippen molar-refractivity contribution in [1.29, 1.82) is 0 Å². The molecule has 0 saturated heterocycles. The Bertz CT molecular complexity index is 288. The predicted octanol–water partition coefficient (Wildman–Crippen LogP) is 2.44. The van der Waals surface area contributed by atoms with E-state index < -0.39 is 0 Å². The third-order valence-electron chi connectivity index (χ3n) is 1.86. The fraction of sp³-hybridized carbons (Fsp3) is 0.400. The van der Waals surface area contributed by atoms with Gasteiger partial charge < -0.3 is 10.4 Å². The van der Waals surface area contributed by atoms with Crippen molar-refractivity contribution in [3.8, 4) is 0 Å². The molecule has 1 rings (SSSR count). The van der Waals surface area contributed by atoms with E-state index >= 15 is 0 Å². The quantitative estimate of drug-likeness (QED) is 0.784. The second-order valence-electron chi connectivity index (χ2n) is 3.19. The van der Waals surface area contributed by atoms with Crippen molar-refractivity contribution in [2.75, 3.05) is 11.9 Å². The number of aryl methyl sites for hydroxylation is 1. The van der Waals surface area contributed by atoms with Gasteiger partial charge in [0.1, 0.15) is 0 Å². The van der Waals surface area contributed by atoms with Gasteiger partial charge in [0.05, 0.1) is 6.61 Å². The van der Waals surface area contributed by atoms with Crippen LogP contribution in [0.3, 0.4) is 0 Å². The molecule has 0 saturated carbocycles. The van der Waals surface area contributed by atoms with Crippen LogP contribution in [0.1, 0.15) is 12.5 Å². The first-order chi connectivity index (χ1) is 6.13. The zero-order valence-corrected chi connectivity index (χ0v) is 8.60. The number of nitrogens with one attached hydrogen (secondary N) is 1. The first-order valence-electron chi connectivity index (χ1n) is 4.27. The first-order valence-corrected chi connectivity index (χ1v) is 4.65. The zero-order valence-electron chi connectivity index (χ0n) is 7.84. The van der Waals surface area contributed by atoms with Crippen molar-refractivity contribution in [3.05, 3.63) is 28.8 Å². The summed E-state index contributed by atoms with van der Waals surface area (Å²) in [6, 6.07) is 5.82. The van der Waals surface area contributed by atoms with Gasteiger partial charge in [-0.15, -0.1) is 0 Å². The molecule has 0 aliphatic rings. The Morgan fingerprint density at radius 3 is 2.77 bits per heavy atom. The van der Waals surface area contributed by atoms with E-state index in [9.17, 15) is 0 Å². The highest BCUT2D eigenvalue weighted by atomic mass is 35.5. The van der Waals surface area contributed by atoms with Gasteiger partial charge in [-0.25, -0.2) is 0 Å². The van der Waals surface area contributed by atoms with Gasteiger partial charge >= 0.3 is 0 Å². The van der Waals surface area contributed by atoms with E-state index in [-0.39, 0.29) is 12.6 Å². The number of aliphatic hydroxyl groups excluding tert-OH is 1. The predicted molar refractivity (Wildman–Crippen MR) is 56.4 cm³/mol. The first kappa shape index (κ1) is 10.4. The molecule has 0 heterocycles. The minimum absolute atomic E-state index is 0.0544. The number of hydrogen-bond acceptors (Lipinski definition) is 2. The molecule has 1 atom stereocenters. The summed E-state index contributed by atoms with van der Waals surface area (Å²) in [5, 5.41) is 12.7. The number of benzene rings is 1. The topological polar surface area (TPSA) is 32.3 Å². The Labute approximate surface area is 83.5 Å². The molecule has 1 aromatic rings. The standard InChI is InChI=1S/C10H14ClNO/c1-7-3-4-9(5-10(7)11)12-8(2)6-13/h3-5,8,12-13H,6H2,1-2H3. The molecule has 3 heteroatoms. The lowest BCUT2D eigenvalue weighted by Crippen LogP contribution is -2.19. The Morgan fingerprint density at radius 2 is 2.23 bits per heavy atom. The van der Waals surface area contributed by atoms with Crippen LogP contribution in [0.4, 0.5) is 5.69 Å². The van der Waals surface area contributed by atoms with Gasteiger partial charge in [-0.05, 0) is 31.5 Å². The summed E-state index contributed by atoms with van der Waals surface area (Å²) in [5.74, 6) is 0. The number of rotatable bonds is 3. The molecule has 0 radical (unpaired) electrons. The summed E-state index contributed by atoms with van der Waals surface area (Å²) in [5.41, 5.74) is 2.00. The molecule has 0 aromatic heterocycles. The van der Waals surface area contributed by atoms with Crippen LogP contribution in [0.15, 0.2) is 18.2 Å². The van der Waals surface area contributed by atoms with Crippen LogP contribution in [0.2, 0.25) is 5.02 Å². The van der Waals surface area contributed by atoms with E-state index in [1.807, 2.05) is 32.0 Å². The van der Waals surface area contributed by atoms with Gasteiger partial charge in [-0.1, -0.05) is 17.7 Å². The van der Waals surface area contributed by atoms with E-state index in [2.05, 4.69) is 5.32 Å². The molecule has 1 aromatic carbocycles. The second kappa shape index (κ2) is 4.49. The maximum atomic E-state index is 8.82. The zero-order chi connectivity index (χ0) is 9.84. The summed E-state index contributed by atoms with van der Waals surface area (Å²) < 4.78 is 0. The van der Waals surface area contributed by atoms with Crippen LogP contribution in [-0.4, -0.2) is 17.8 Å². The van der Waals surface area contributed by atoms with Gasteiger partial charge in [0.2, 0.25) is 0 Å². The molecule has 1 unspecified atom stereocenters. The van der Waals surface area contributed by atoms with E-state index in [0.29, 0.717) is 0 Å². The summed E-state index contributed by atoms with van der Waals surface area (Å²) in [6.45, 7) is 3.99. The normalized spacial score (nSPS) is 12.6. The summed E-state index contributed by atoms with van der Waals surface area (Å²) in [6.07, 6.45) is 0. The maximum absolute atomic E-state index is 8.82. The highest BCUT2D eigenvalue weighted by molar-refractivity contribution is 6.31. The van der Waals surface area contributed by atoms with E-state index in [4.69, 9.17) is 16.7 Å². The van der Waals surface area contributed by atoms with Crippen molar-refractivity contribution in [2.24, 2.45) is 0 Å². The molecule has 2 N–H and O–H groups in total. The summed E-state index contributed by atoms with van der Waals surface area (Å²) in [7, 11) is 0. The van der Waals surface area contributed by atoms with E-state index in [1.54, 1.807) is 0 Å². The van der Waals surface area contributed by atoms with Crippen LogP contribution in [0.25, 0.3) is 0 Å². The van der Waals surface area contributed by atoms with Crippen LogP contribution >= 0.6 is 11.6 Å². The molecular formula is C10H14ClNO. The molecule has 13 heavy (non-hydrogen) atoms. The van der Waals surface area contributed by atoms with Gasteiger partial charge in [-0.3, -0.25) is 0 Å². The third kappa shape index (κ3) is 2.90. The number of anilines is 1. The van der Waals surface area contributed by atoms with Crippen LogP contribution < -0.4 is 5.32 Å². The Morgan fingerprint density at radius 1 is 1.54 bits per heavy atom. The Balaban J connectivity index is 2.73. The molecule has 0 amide bonds. The largest absolute Gasteiger partial charge is 0.394 e. The van der Waals surface area contributed by atoms with Crippen LogP contribution in [0.5, 0.6) is 0 Å². The van der Waals surface area contributed by atoms with E-state index in [1.165, 1.54) is 0 Å². The highest BCUT2D eigenvalue weighted by Gasteiger charge is 2.01. The smallest absolute Gasteiger partial charge is 0.0630 e.